The molecule has 1 aliphatic rings. The summed E-state index contributed by atoms with van der Waals surface area (Å²) in [4.78, 5) is 6.84. The summed E-state index contributed by atoms with van der Waals surface area (Å²) in [5.41, 5.74) is 1.77. The molecule has 1 aromatic carbocycles. The van der Waals surface area contributed by atoms with Gasteiger partial charge in [-0.3, -0.25) is 4.68 Å². The maximum absolute atomic E-state index is 6.12. The van der Waals surface area contributed by atoms with Crippen LogP contribution >= 0.6 is 0 Å². The molecule has 1 saturated heterocycles. The van der Waals surface area contributed by atoms with Crippen LogP contribution in [0, 0.1) is 0 Å². The van der Waals surface area contributed by atoms with Crippen molar-refractivity contribution in [3.8, 4) is 5.75 Å². The molecule has 1 fully saturated rings. The molecule has 0 amide bonds. The third kappa shape index (κ3) is 3.80. The summed E-state index contributed by atoms with van der Waals surface area (Å²) in [5.74, 6) is 1.64. The average Bonchev–Trinajstić information content (AvgIpc) is 3.15. The van der Waals surface area contributed by atoms with Crippen molar-refractivity contribution in [3.63, 3.8) is 0 Å². The maximum Gasteiger partial charge on any atom is 0.171 e. The molecule has 3 aromatic rings. The minimum atomic E-state index is -0.430. The first kappa shape index (κ1) is 17.5. The summed E-state index contributed by atoms with van der Waals surface area (Å²) in [6.07, 6.45) is 5.69. The second kappa shape index (κ2) is 7.40. The van der Waals surface area contributed by atoms with Gasteiger partial charge in [-0.25, -0.2) is 4.98 Å². The Morgan fingerprint density at radius 3 is 2.81 bits per heavy atom. The van der Waals surface area contributed by atoms with Crippen LogP contribution in [0.1, 0.15) is 18.1 Å². The van der Waals surface area contributed by atoms with Crippen LogP contribution in [0.3, 0.4) is 0 Å². The minimum Gasteiger partial charge on any atom is -0.485 e. The zero-order valence-electron chi connectivity index (χ0n) is 15.7. The first-order valence-corrected chi connectivity index (χ1v) is 9.14. The van der Waals surface area contributed by atoms with Crippen molar-refractivity contribution in [1.82, 2.24) is 14.8 Å². The zero-order valence-corrected chi connectivity index (χ0v) is 15.7. The lowest BCUT2D eigenvalue weighted by Gasteiger charge is -2.41. The first-order chi connectivity index (χ1) is 13.1. The van der Waals surface area contributed by atoms with Crippen LogP contribution in [-0.2, 0) is 24.0 Å². The van der Waals surface area contributed by atoms with Gasteiger partial charge >= 0.3 is 0 Å². The van der Waals surface area contributed by atoms with E-state index in [2.05, 4.69) is 34.0 Å². The van der Waals surface area contributed by atoms with Crippen molar-refractivity contribution < 1.29 is 9.47 Å². The van der Waals surface area contributed by atoms with Gasteiger partial charge in [0.2, 0.25) is 0 Å². The molecule has 2 aromatic heterocycles. The highest BCUT2D eigenvalue weighted by Gasteiger charge is 2.36. The number of nitrogens with zero attached hydrogens (tertiary/aromatic N) is 4. The van der Waals surface area contributed by atoms with Crippen LogP contribution in [0.2, 0.25) is 0 Å². The van der Waals surface area contributed by atoms with Crippen LogP contribution in [0.25, 0.3) is 0 Å². The number of ether oxygens (including phenoxy) is 2. The first-order valence-electron chi connectivity index (χ1n) is 9.14. The molecule has 1 atom stereocenters. The Morgan fingerprint density at radius 1 is 1.19 bits per heavy atom. The van der Waals surface area contributed by atoms with Gasteiger partial charge in [0.25, 0.3) is 0 Å². The van der Waals surface area contributed by atoms with Gasteiger partial charge in [-0.15, -0.1) is 0 Å². The SMILES string of the molecule is Cn1cc([C@@]2(C)CN(c3ncccc3OCc3ccccc3)CCO2)cn1. The number of rotatable bonds is 5. The molecule has 0 aliphatic carbocycles. The molecule has 1 aliphatic heterocycles. The summed E-state index contributed by atoms with van der Waals surface area (Å²) in [6, 6.07) is 14.0. The molecule has 0 spiro atoms. The lowest BCUT2D eigenvalue weighted by atomic mass is 9.97. The Bertz CT molecular complexity index is 896. The monoisotopic (exact) mass is 364 g/mol. The van der Waals surface area contributed by atoms with Gasteiger partial charge in [0, 0.05) is 31.5 Å². The van der Waals surface area contributed by atoms with E-state index < -0.39 is 5.60 Å². The van der Waals surface area contributed by atoms with E-state index >= 15 is 0 Å². The van der Waals surface area contributed by atoms with Crippen LogP contribution < -0.4 is 9.64 Å². The predicted octanol–water partition coefficient (Wildman–Crippen LogP) is 3.15. The smallest absolute Gasteiger partial charge is 0.171 e. The Kier molecular flexibility index (Phi) is 4.81. The van der Waals surface area contributed by atoms with Crippen molar-refractivity contribution in [1.29, 1.82) is 0 Å². The highest BCUT2D eigenvalue weighted by atomic mass is 16.5. The molecule has 0 bridgehead atoms. The van der Waals surface area contributed by atoms with Crippen LogP contribution in [-0.4, -0.2) is 34.5 Å². The van der Waals surface area contributed by atoms with E-state index in [-0.39, 0.29) is 0 Å². The van der Waals surface area contributed by atoms with E-state index in [9.17, 15) is 0 Å². The van der Waals surface area contributed by atoms with Crippen LogP contribution in [0.4, 0.5) is 5.82 Å². The summed E-state index contributed by atoms with van der Waals surface area (Å²) >= 11 is 0. The molecule has 0 radical (unpaired) electrons. The highest BCUT2D eigenvalue weighted by Crippen LogP contribution is 2.34. The number of hydrogen-bond donors (Lipinski definition) is 0. The second-order valence-electron chi connectivity index (χ2n) is 7.00. The third-order valence-electron chi connectivity index (χ3n) is 4.88. The quantitative estimate of drug-likeness (QED) is 0.696. The van der Waals surface area contributed by atoms with Crippen molar-refractivity contribution in [3.05, 3.63) is 72.2 Å². The topological polar surface area (TPSA) is 52.4 Å². The molecular weight excluding hydrogens is 340 g/mol. The van der Waals surface area contributed by atoms with E-state index in [1.807, 2.05) is 56.0 Å². The van der Waals surface area contributed by atoms with E-state index in [1.54, 1.807) is 4.68 Å². The number of benzene rings is 1. The van der Waals surface area contributed by atoms with Crippen LogP contribution in [0.5, 0.6) is 5.75 Å². The Hall–Kier alpha value is -2.86. The molecule has 140 valence electrons. The van der Waals surface area contributed by atoms with Gasteiger partial charge in [-0.1, -0.05) is 30.3 Å². The number of aryl methyl sites for hydroxylation is 1. The van der Waals surface area contributed by atoms with Crippen LogP contribution in [0.15, 0.2) is 61.1 Å². The molecule has 6 nitrogen and oxygen atoms in total. The Balaban J connectivity index is 1.54. The van der Waals surface area contributed by atoms with E-state index in [0.717, 1.165) is 29.2 Å². The average molecular weight is 364 g/mol. The lowest BCUT2D eigenvalue weighted by molar-refractivity contribution is -0.0469. The Morgan fingerprint density at radius 2 is 2.04 bits per heavy atom. The fraction of sp³-hybridized carbons (Fsp3) is 0.333. The number of pyridine rings is 1. The van der Waals surface area contributed by atoms with Gasteiger partial charge in [-0.05, 0) is 24.6 Å². The minimum absolute atomic E-state index is 0.430. The van der Waals surface area contributed by atoms with Gasteiger partial charge in [-0.2, -0.15) is 5.10 Å². The molecule has 27 heavy (non-hydrogen) atoms. The third-order valence-corrected chi connectivity index (χ3v) is 4.88. The van der Waals surface area contributed by atoms with Gasteiger partial charge in [0.15, 0.2) is 11.6 Å². The number of morpholine rings is 1. The molecule has 6 heteroatoms. The van der Waals surface area contributed by atoms with Crippen molar-refractivity contribution >= 4 is 5.82 Å². The fourth-order valence-electron chi connectivity index (χ4n) is 3.39. The molecule has 0 saturated carbocycles. The van der Waals surface area contributed by atoms with Crippen molar-refractivity contribution in [2.75, 3.05) is 24.6 Å². The number of aromatic nitrogens is 3. The summed E-state index contributed by atoms with van der Waals surface area (Å²) in [5, 5.41) is 4.29. The maximum atomic E-state index is 6.12. The van der Waals surface area contributed by atoms with Gasteiger partial charge in [0.1, 0.15) is 12.2 Å². The highest BCUT2D eigenvalue weighted by molar-refractivity contribution is 5.53. The zero-order chi connectivity index (χ0) is 18.7. The summed E-state index contributed by atoms with van der Waals surface area (Å²) < 4.78 is 14.0. The molecule has 3 heterocycles. The summed E-state index contributed by atoms with van der Waals surface area (Å²) in [7, 11) is 1.92. The Labute approximate surface area is 159 Å². The predicted molar refractivity (Wildman–Crippen MR) is 104 cm³/mol. The normalized spacial score (nSPS) is 19.9. The second-order valence-corrected chi connectivity index (χ2v) is 7.00. The van der Waals surface area contributed by atoms with E-state index in [4.69, 9.17) is 9.47 Å². The lowest BCUT2D eigenvalue weighted by Crippen LogP contribution is -2.48. The molecule has 0 N–H and O–H groups in total. The van der Waals surface area contributed by atoms with Crippen molar-refractivity contribution in [2.45, 2.75) is 19.1 Å². The van der Waals surface area contributed by atoms with Gasteiger partial charge < -0.3 is 14.4 Å². The van der Waals surface area contributed by atoms with E-state index in [1.165, 1.54) is 0 Å². The molecule has 0 unspecified atom stereocenters. The number of hydrogen-bond acceptors (Lipinski definition) is 5. The molecule has 4 rings (SSSR count). The standard InChI is InChI=1S/C21H24N4O2/c1-21(18-13-23-24(2)14-18)16-25(11-12-27-21)20-19(9-6-10-22-20)26-15-17-7-4-3-5-8-17/h3-10,13-14H,11-12,15-16H2,1-2H3/t21-/m1/s1. The van der Waals surface area contributed by atoms with Gasteiger partial charge in [0.05, 0.1) is 19.3 Å². The molecular formula is C21H24N4O2. The van der Waals surface area contributed by atoms with E-state index in [0.29, 0.717) is 19.8 Å². The number of anilines is 1. The van der Waals surface area contributed by atoms with Crippen molar-refractivity contribution in [2.24, 2.45) is 7.05 Å². The summed E-state index contributed by atoms with van der Waals surface area (Å²) in [6.45, 7) is 4.71. The fourth-order valence-corrected chi connectivity index (χ4v) is 3.39. The largest absolute Gasteiger partial charge is 0.485 e.